The highest BCUT2D eigenvalue weighted by Gasteiger charge is 2.25. The van der Waals surface area contributed by atoms with Gasteiger partial charge in [-0.1, -0.05) is 172 Å². The van der Waals surface area contributed by atoms with Crippen LogP contribution in [0.25, 0.3) is 39.1 Å². The van der Waals surface area contributed by atoms with Gasteiger partial charge in [0.25, 0.3) is 0 Å². The smallest absolute Gasteiger partial charge is 0.0794 e. The van der Waals surface area contributed by atoms with E-state index in [1.54, 1.807) is 0 Å². The van der Waals surface area contributed by atoms with E-state index in [4.69, 9.17) is 0 Å². The van der Waals surface area contributed by atoms with E-state index in [1.165, 1.54) is 54.9 Å². The summed E-state index contributed by atoms with van der Waals surface area (Å²) in [6, 6.07) is 55.5. The summed E-state index contributed by atoms with van der Waals surface area (Å²) < 4.78 is 0. The summed E-state index contributed by atoms with van der Waals surface area (Å²) in [5.74, 6) is 0. The van der Waals surface area contributed by atoms with Gasteiger partial charge < -0.3 is 15.5 Å². The van der Waals surface area contributed by atoms with Crippen LogP contribution in [0.3, 0.4) is 0 Å². The van der Waals surface area contributed by atoms with Crippen molar-refractivity contribution in [2.24, 2.45) is 0 Å². The van der Waals surface area contributed by atoms with Gasteiger partial charge in [0.1, 0.15) is 0 Å². The summed E-state index contributed by atoms with van der Waals surface area (Å²) in [6.45, 7) is 15.4. The number of allylic oxidation sites excluding steroid dienone is 4. The van der Waals surface area contributed by atoms with Crippen molar-refractivity contribution in [2.45, 2.75) is 45.3 Å². The van der Waals surface area contributed by atoms with Crippen molar-refractivity contribution in [3.63, 3.8) is 0 Å². The average Bonchev–Trinajstić information content (AvgIpc) is 3.24. The Morgan fingerprint density at radius 3 is 1.65 bits per heavy atom. The minimum absolute atomic E-state index is 0.0360. The molecule has 0 bridgehead atoms. The Balaban J connectivity index is 1.38. The molecule has 0 radical (unpaired) electrons. The Labute approximate surface area is 341 Å². The van der Waals surface area contributed by atoms with Crippen molar-refractivity contribution in [1.82, 2.24) is 10.6 Å². The Bertz CT molecular complexity index is 2500. The molecular formula is C52H53N3Si2. The van der Waals surface area contributed by atoms with Crippen LogP contribution < -0.4 is 15.5 Å². The summed E-state index contributed by atoms with van der Waals surface area (Å²) in [5.41, 5.74) is 13.9. The van der Waals surface area contributed by atoms with Gasteiger partial charge in [0.2, 0.25) is 0 Å². The van der Waals surface area contributed by atoms with Crippen molar-refractivity contribution in [2.75, 3.05) is 11.4 Å². The molecule has 2 N–H and O–H groups in total. The molecule has 8 rings (SSSR count). The second-order valence-electron chi connectivity index (χ2n) is 17.3. The van der Waals surface area contributed by atoms with Gasteiger partial charge in [0.05, 0.1) is 27.9 Å². The van der Waals surface area contributed by atoms with Crippen molar-refractivity contribution in [3.8, 4) is 33.4 Å². The summed E-state index contributed by atoms with van der Waals surface area (Å²) in [4.78, 5) is 2.48. The zero-order chi connectivity index (χ0) is 39.6. The van der Waals surface area contributed by atoms with Gasteiger partial charge in [-0.2, -0.15) is 0 Å². The second-order valence-corrected chi connectivity index (χ2v) is 27.5. The van der Waals surface area contributed by atoms with Crippen LogP contribution in [0, 0.1) is 0 Å². The van der Waals surface area contributed by atoms with Crippen LogP contribution >= 0.6 is 0 Å². The van der Waals surface area contributed by atoms with Gasteiger partial charge >= 0.3 is 0 Å². The lowest BCUT2D eigenvalue weighted by Crippen LogP contribution is -2.33. The van der Waals surface area contributed by atoms with Gasteiger partial charge in [0.15, 0.2) is 0 Å². The molecule has 2 aliphatic rings. The first-order chi connectivity index (χ1) is 27.5. The summed E-state index contributed by atoms with van der Waals surface area (Å²) >= 11 is 0. The maximum Gasteiger partial charge on any atom is 0.0794 e. The molecule has 0 saturated heterocycles. The lowest BCUT2D eigenvalue weighted by Gasteiger charge is -2.31. The SMILES string of the molecule is C[Si](C)(C)C1=CNC(c2cc(-c3ccccc3)cc(N(c3cc(C4=CC=C([Si](C)(C)C)CN4)cc(-c4ccccc4)c3)c3ccccc3-c3ccccc3)c2)C=C1. The average molecular weight is 776 g/mol. The Morgan fingerprint density at radius 1 is 0.526 bits per heavy atom. The summed E-state index contributed by atoms with van der Waals surface area (Å²) in [5, 5.41) is 10.6. The van der Waals surface area contributed by atoms with Gasteiger partial charge in [-0.3, -0.25) is 0 Å². The van der Waals surface area contributed by atoms with Crippen LogP contribution in [-0.4, -0.2) is 22.7 Å². The number of hydrogen-bond donors (Lipinski definition) is 2. The minimum atomic E-state index is -1.48. The molecule has 3 nitrogen and oxygen atoms in total. The molecule has 6 aromatic carbocycles. The van der Waals surface area contributed by atoms with E-state index in [9.17, 15) is 0 Å². The van der Waals surface area contributed by atoms with E-state index in [0.29, 0.717) is 0 Å². The Kier molecular flexibility index (Phi) is 10.6. The topological polar surface area (TPSA) is 27.3 Å². The fraction of sp³-hybridized carbons (Fsp3) is 0.154. The fourth-order valence-electron chi connectivity index (χ4n) is 7.75. The first kappa shape index (κ1) is 38.0. The van der Waals surface area contributed by atoms with Crippen molar-refractivity contribution >= 4 is 38.9 Å². The predicted octanol–water partition coefficient (Wildman–Crippen LogP) is 13.9. The van der Waals surface area contributed by atoms with E-state index in [0.717, 1.165) is 29.3 Å². The van der Waals surface area contributed by atoms with Crippen LogP contribution in [0.5, 0.6) is 0 Å². The number of rotatable bonds is 10. The van der Waals surface area contributed by atoms with Gasteiger partial charge in [0, 0.05) is 34.7 Å². The van der Waals surface area contributed by atoms with E-state index in [-0.39, 0.29) is 6.04 Å². The maximum atomic E-state index is 3.84. The number of hydrogen-bond acceptors (Lipinski definition) is 3. The number of para-hydroxylation sites is 1. The second kappa shape index (κ2) is 15.9. The van der Waals surface area contributed by atoms with E-state index in [2.05, 4.69) is 237 Å². The first-order valence-corrected chi connectivity index (χ1v) is 27.2. The van der Waals surface area contributed by atoms with E-state index < -0.39 is 16.1 Å². The number of benzene rings is 6. The molecular weight excluding hydrogens is 723 g/mol. The zero-order valence-electron chi connectivity index (χ0n) is 34.1. The minimum Gasteiger partial charge on any atom is -0.381 e. The normalized spacial score (nSPS) is 15.5. The lowest BCUT2D eigenvalue weighted by molar-refractivity contribution is 0.743. The van der Waals surface area contributed by atoms with Crippen LogP contribution in [0.15, 0.2) is 193 Å². The fourth-order valence-corrected chi connectivity index (χ4v) is 10.1. The monoisotopic (exact) mass is 775 g/mol. The van der Waals surface area contributed by atoms with Gasteiger partial charge in [-0.25, -0.2) is 0 Å². The molecule has 0 saturated carbocycles. The third-order valence-corrected chi connectivity index (χ3v) is 15.4. The molecule has 1 unspecified atom stereocenters. The predicted molar refractivity (Wildman–Crippen MR) is 251 cm³/mol. The van der Waals surface area contributed by atoms with Crippen molar-refractivity contribution in [3.05, 3.63) is 204 Å². The highest BCUT2D eigenvalue weighted by molar-refractivity contribution is 6.84. The number of anilines is 3. The number of nitrogens with zero attached hydrogens (tertiary/aromatic N) is 1. The quantitative estimate of drug-likeness (QED) is 0.136. The molecule has 0 aliphatic carbocycles. The zero-order valence-corrected chi connectivity index (χ0v) is 36.1. The molecule has 2 aliphatic heterocycles. The molecule has 0 aromatic heterocycles. The molecule has 5 heteroatoms. The summed E-state index contributed by atoms with van der Waals surface area (Å²) in [6.07, 6.45) is 11.6. The third kappa shape index (κ3) is 8.46. The summed E-state index contributed by atoms with van der Waals surface area (Å²) in [7, 11) is -2.92. The maximum absolute atomic E-state index is 3.84. The first-order valence-electron chi connectivity index (χ1n) is 20.2. The number of nitrogens with one attached hydrogen (secondary N) is 2. The van der Waals surface area contributed by atoms with Gasteiger partial charge in [-0.05, 0) is 93.3 Å². The highest BCUT2D eigenvalue weighted by Crippen LogP contribution is 2.45. The third-order valence-electron chi connectivity index (χ3n) is 11.1. The van der Waals surface area contributed by atoms with Crippen LogP contribution in [0.4, 0.5) is 17.1 Å². The molecule has 6 aromatic rings. The standard InChI is InChI=1S/C52H53N3Si2/c1-56(2,3)47-26-28-50(53-36-47)43-30-41(38-18-10-7-11-19-38)32-45(34-43)55(52-25-17-16-24-49(52)40-22-14-9-15-23-40)46-33-42(39-20-12-8-13-21-39)31-44(35-46)51-29-27-48(37-54-51)57(4,5)6/h7-36,50,53-54H,37H2,1-6H3. The largest absolute Gasteiger partial charge is 0.381 e. The Morgan fingerprint density at radius 2 is 1.09 bits per heavy atom. The van der Waals surface area contributed by atoms with E-state index >= 15 is 0 Å². The Hall–Kier alpha value is -5.89. The molecule has 0 spiro atoms. The molecule has 284 valence electrons. The van der Waals surface area contributed by atoms with Crippen LogP contribution in [0.2, 0.25) is 39.3 Å². The molecule has 57 heavy (non-hydrogen) atoms. The molecule has 2 heterocycles. The molecule has 1 atom stereocenters. The molecule has 0 fully saturated rings. The number of dihydropyridines is 2. The lowest BCUT2D eigenvalue weighted by atomic mass is 9.95. The van der Waals surface area contributed by atoms with Crippen LogP contribution in [-0.2, 0) is 0 Å². The van der Waals surface area contributed by atoms with Gasteiger partial charge in [-0.15, -0.1) is 0 Å². The van der Waals surface area contributed by atoms with E-state index in [1.807, 2.05) is 0 Å². The highest BCUT2D eigenvalue weighted by atomic mass is 28.3. The van der Waals surface area contributed by atoms with Crippen molar-refractivity contribution in [1.29, 1.82) is 0 Å². The van der Waals surface area contributed by atoms with Crippen LogP contribution in [0.1, 0.15) is 17.2 Å². The molecule has 0 amide bonds. The van der Waals surface area contributed by atoms with Crippen molar-refractivity contribution < 1.29 is 0 Å².